The Morgan fingerprint density at radius 1 is 1.21 bits per heavy atom. The van der Waals surface area contributed by atoms with Crippen LogP contribution in [0, 0.1) is 0 Å². The van der Waals surface area contributed by atoms with E-state index in [1.165, 1.54) is 0 Å². The van der Waals surface area contributed by atoms with Crippen molar-refractivity contribution in [3.05, 3.63) is 30.1 Å². The first kappa shape index (κ1) is 17.4. The molecule has 0 aliphatic carbocycles. The third-order valence-corrected chi connectivity index (χ3v) is 2.87. The second-order valence-corrected chi connectivity index (χ2v) is 4.52. The number of nitrogens with zero attached hydrogens (tertiary/aromatic N) is 1. The molecule has 0 amide bonds. The highest BCUT2D eigenvalue weighted by atomic mass is 32.1. The summed E-state index contributed by atoms with van der Waals surface area (Å²) in [6, 6.07) is 7.48. The van der Waals surface area contributed by atoms with E-state index in [1.54, 1.807) is 0 Å². The maximum absolute atomic E-state index is 9.44. The first-order valence-electron chi connectivity index (χ1n) is 4.97. The summed E-state index contributed by atoms with van der Waals surface area (Å²) in [5, 5.41) is 18.1. The standard InChI is InChI=1S/C11H10N2O2S2.2H3N/c14-9(16)5-6(11(15)17)10-12-7-3-1-2-4-8(7)13-10;;/h1-4,6H,5H2,(H,12,13)(H,14,16)(H,15,17);2*1H3. The zero-order valence-corrected chi connectivity index (χ0v) is 11.8. The molecule has 6 nitrogen and oxygen atoms in total. The van der Waals surface area contributed by atoms with Gasteiger partial charge in [0.1, 0.15) is 5.82 Å². The monoisotopic (exact) mass is 300 g/mol. The number of para-hydroxylation sites is 2. The molecule has 9 N–H and O–H groups in total. The minimum absolute atomic E-state index is 0. The van der Waals surface area contributed by atoms with Crippen molar-refractivity contribution in [1.82, 2.24) is 22.3 Å². The minimum Gasteiger partial charge on any atom is -0.502 e. The quantitative estimate of drug-likeness (QED) is 0.546. The Bertz CT molecular complexity index is 552. The maximum Gasteiger partial charge on any atom is 0.167 e. The predicted octanol–water partition coefficient (Wildman–Crippen LogP) is 3.13. The lowest BCUT2D eigenvalue weighted by molar-refractivity contribution is 0.507. The topological polar surface area (TPSA) is 139 Å². The summed E-state index contributed by atoms with van der Waals surface area (Å²) in [5.41, 5.74) is 1.64. The van der Waals surface area contributed by atoms with Gasteiger partial charge in [-0.3, -0.25) is 0 Å². The highest BCUT2D eigenvalue weighted by molar-refractivity contribution is 7.80. The van der Waals surface area contributed by atoms with Gasteiger partial charge in [0.15, 0.2) is 10.1 Å². The molecule has 1 aromatic carbocycles. The number of hydrogen-bond acceptors (Lipinski definition) is 5. The van der Waals surface area contributed by atoms with Crippen LogP contribution in [0.15, 0.2) is 24.3 Å². The molecule has 2 rings (SSSR count). The van der Waals surface area contributed by atoms with Gasteiger partial charge in [-0.15, -0.1) is 0 Å². The van der Waals surface area contributed by atoms with Crippen LogP contribution >= 0.6 is 24.4 Å². The summed E-state index contributed by atoms with van der Waals surface area (Å²) < 4.78 is 0. The number of aromatic nitrogens is 2. The van der Waals surface area contributed by atoms with E-state index in [4.69, 9.17) is 17.3 Å². The van der Waals surface area contributed by atoms with Crippen LogP contribution in [-0.2, 0) is 0 Å². The number of aliphatic hydroxyl groups is 2. The van der Waals surface area contributed by atoms with Crippen LogP contribution in [0.5, 0.6) is 0 Å². The fraction of sp³-hybridized carbons (Fsp3) is 0.182. The lowest BCUT2D eigenvalue weighted by atomic mass is 10.1. The summed E-state index contributed by atoms with van der Waals surface area (Å²) in [6.45, 7) is 0. The fourth-order valence-corrected chi connectivity index (χ4v) is 1.97. The number of aromatic amines is 1. The summed E-state index contributed by atoms with van der Waals surface area (Å²) in [5.74, 6) is -0.0648. The molecular weight excluding hydrogens is 284 g/mol. The van der Waals surface area contributed by atoms with E-state index in [2.05, 4.69) is 22.2 Å². The molecule has 0 bridgehead atoms. The van der Waals surface area contributed by atoms with Gasteiger partial charge in [-0.1, -0.05) is 12.1 Å². The first-order chi connectivity index (χ1) is 8.08. The number of imidazole rings is 1. The Hall–Kier alpha value is -1.61. The Balaban J connectivity index is 0.00000162. The van der Waals surface area contributed by atoms with Crippen LogP contribution in [0.3, 0.4) is 0 Å². The molecule has 1 atom stereocenters. The van der Waals surface area contributed by atoms with Crippen molar-refractivity contribution in [2.24, 2.45) is 0 Å². The van der Waals surface area contributed by atoms with Crippen LogP contribution in [0.2, 0.25) is 0 Å². The largest absolute Gasteiger partial charge is 0.502 e. The lowest BCUT2D eigenvalue weighted by Crippen LogP contribution is -2.14. The van der Waals surface area contributed by atoms with Crippen molar-refractivity contribution in [1.29, 1.82) is 0 Å². The van der Waals surface area contributed by atoms with Gasteiger partial charge in [0.05, 0.1) is 17.0 Å². The third-order valence-electron chi connectivity index (χ3n) is 2.41. The highest BCUT2D eigenvalue weighted by Crippen LogP contribution is 2.21. The molecule has 0 fully saturated rings. The molecule has 19 heavy (non-hydrogen) atoms. The van der Waals surface area contributed by atoms with Gasteiger partial charge >= 0.3 is 0 Å². The van der Waals surface area contributed by atoms with Crippen LogP contribution in [0.25, 0.3) is 11.0 Å². The lowest BCUT2D eigenvalue weighted by Gasteiger charge is -2.09. The third kappa shape index (κ3) is 3.93. The SMILES string of the molecule is N.N.OC(=S)CC(C(O)=S)c1nc2ccccc2[nH]1. The number of fused-ring (bicyclic) bond motifs is 1. The molecule has 0 spiro atoms. The average molecular weight is 300 g/mol. The minimum atomic E-state index is -0.574. The van der Waals surface area contributed by atoms with Gasteiger partial charge in [-0.2, -0.15) is 0 Å². The zero-order chi connectivity index (χ0) is 12.4. The molecule has 104 valence electrons. The van der Waals surface area contributed by atoms with Gasteiger partial charge in [-0.05, 0) is 36.6 Å². The van der Waals surface area contributed by atoms with Crippen molar-refractivity contribution in [2.45, 2.75) is 12.3 Å². The van der Waals surface area contributed by atoms with E-state index < -0.39 is 5.92 Å². The summed E-state index contributed by atoms with van der Waals surface area (Å²) >= 11 is 9.36. The number of benzene rings is 1. The van der Waals surface area contributed by atoms with Gasteiger partial charge in [0.2, 0.25) is 0 Å². The van der Waals surface area contributed by atoms with Crippen molar-refractivity contribution < 1.29 is 10.2 Å². The smallest absolute Gasteiger partial charge is 0.167 e. The van der Waals surface area contributed by atoms with Gasteiger partial charge in [0, 0.05) is 6.42 Å². The first-order valence-corrected chi connectivity index (χ1v) is 5.79. The molecule has 0 radical (unpaired) electrons. The molecule has 2 aromatic rings. The number of H-pyrrole nitrogens is 1. The van der Waals surface area contributed by atoms with Crippen molar-refractivity contribution in [3.63, 3.8) is 0 Å². The van der Waals surface area contributed by atoms with Gasteiger partial charge in [0.25, 0.3) is 0 Å². The number of aliphatic hydroxyl groups excluding tert-OH is 2. The van der Waals surface area contributed by atoms with E-state index in [-0.39, 0.29) is 28.8 Å². The van der Waals surface area contributed by atoms with Crippen molar-refractivity contribution in [3.8, 4) is 0 Å². The van der Waals surface area contributed by atoms with E-state index in [9.17, 15) is 5.11 Å². The Kier molecular flexibility index (Phi) is 6.49. The Labute approximate surface area is 121 Å². The molecule has 0 saturated carbocycles. The molecular formula is C11H16N4O2S2. The molecule has 0 aliphatic rings. The number of thiocarbonyl (C=S) groups is 2. The van der Waals surface area contributed by atoms with E-state index in [1.807, 2.05) is 24.3 Å². The molecule has 1 unspecified atom stereocenters. The van der Waals surface area contributed by atoms with Crippen molar-refractivity contribution >= 4 is 45.6 Å². The predicted molar refractivity (Wildman–Crippen MR) is 83.9 cm³/mol. The normalized spacial score (nSPS) is 11.2. The van der Waals surface area contributed by atoms with Crippen molar-refractivity contribution in [2.75, 3.05) is 0 Å². The molecule has 0 saturated heterocycles. The summed E-state index contributed by atoms with van der Waals surface area (Å²) in [7, 11) is 0. The second-order valence-electron chi connectivity index (χ2n) is 3.63. The Morgan fingerprint density at radius 2 is 1.84 bits per heavy atom. The number of hydrogen-bond donors (Lipinski definition) is 5. The summed E-state index contributed by atoms with van der Waals surface area (Å²) in [4.78, 5) is 7.37. The van der Waals surface area contributed by atoms with Crippen LogP contribution < -0.4 is 12.3 Å². The zero-order valence-electron chi connectivity index (χ0n) is 10.2. The molecule has 1 aromatic heterocycles. The Morgan fingerprint density at radius 3 is 2.37 bits per heavy atom. The molecule has 8 heteroatoms. The number of nitrogens with one attached hydrogen (secondary N) is 1. The van der Waals surface area contributed by atoms with Gasteiger partial charge < -0.3 is 27.5 Å². The number of rotatable bonds is 4. The molecule has 0 aliphatic heterocycles. The van der Waals surface area contributed by atoms with E-state index >= 15 is 0 Å². The van der Waals surface area contributed by atoms with Gasteiger partial charge in [-0.25, -0.2) is 4.98 Å². The van der Waals surface area contributed by atoms with Crippen LogP contribution in [0.4, 0.5) is 0 Å². The average Bonchev–Trinajstić information content (AvgIpc) is 2.68. The maximum atomic E-state index is 9.44. The van der Waals surface area contributed by atoms with Crippen LogP contribution in [-0.4, -0.2) is 30.3 Å². The van der Waals surface area contributed by atoms with E-state index in [0.717, 1.165) is 11.0 Å². The fourth-order valence-electron chi connectivity index (χ4n) is 1.61. The van der Waals surface area contributed by atoms with Crippen LogP contribution in [0.1, 0.15) is 18.2 Å². The molecule has 1 heterocycles. The second kappa shape index (κ2) is 7.10. The highest BCUT2D eigenvalue weighted by Gasteiger charge is 2.21. The van der Waals surface area contributed by atoms with E-state index in [0.29, 0.717) is 5.82 Å². The summed E-state index contributed by atoms with van der Waals surface area (Å²) in [6.07, 6.45) is 0.0878.